The van der Waals surface area contributed by atoms with Gasteiger partial charge in [0.15, 0.2) is 0 Å². The molecule has 124 valence electrons. The number of carbonyl (C=O) groups excluding carboxylic acids is 1. The van der Waals surface area contributed by atoms with E-state index in [4.69, 9.17) is 0 Å². The first-order valence-corrected chi connectivity index (χ1v) is 9.06. The Bertz CT molecular complexity index is 1040. The maximum Gasteiger partial charge on any atom is 0.254 e. The van der Waals surface area contributed by atoms with Crippen LogP contribution in [-0.4, -0.2) is 22.8 Å². The van der Waals surface area contributed by atoms with Crippen LogP contribution in [-0.2, 0) is 0 Å². The van der Waals surface area contributed by atoms with Crippen molar-refractivity contribution in [3.63, 3.8) is 0 Å². The molecule has 0 saturated carbocycles. The second kappa shape index (κ2) is 6.30. The highest BCUT2D eigenvalue weighted by atomic mass is 32.1. The predicted molar refractivity (Wildman–Crippen MR) is 104 cm³/mol. The molecular weight excluding hydrogens is 328 g/mol. The van der Waals surface area contributed by atoms with Crippen molar-refractivity contribution in [1.82, 2.24) is 9.88 Å². The van der Waals surface area contributed by atoms with Crippen LogP contribution in [0.2, 0.25) is 0 Å². The molecule has 3 aromatic carbocycles. The molecule has 4 rings (SSSR count). The molecular formula is C21H18N2OS. The molecule has 0 spiro atoms. The molecule has 0 aliphatic carbocycles. The molecule has 4 heteroatoms. The molecule has 0 aliphatic heterocycles. The molecule has 0 unspecified atom stereocenters. The largest absolute Gasteiger partial charge is 0.333 e. The zero-order valence-corrected chi connectivity index (χ0v) is 15.0. The number of aromatic nitrogens is 1. The predicted octanol–water partition coefficient (Wildman–Crippen LogP) is 5.28. The van der Waals surface area contributed by atoms with E-state index in [1.54, 1.807) is 16.2 Å². The number of fused-ring (bicyclic) bond motifs is 2. The van der Waals surface area contributed by atoms with Crippen molar-refractivity contribution in [2.75, 3.05) is 7.05 Å². The Balaban J connectivity index is 1.63. The van der Waals surface area contributed by atoms with Crippen LogP contribution in [0.15, 0.2) is 66.7 Å². The van der Waals surface area contributed by atoms with Gasteiger partial charge in [0.05, 0.1) is 16.3 Å². The lowest BCUT2D eigenvalue weighted by Gasteiger charge is -2.23. The third-order valence-corrected chi connectivity index (χ3v) is 5.77. The Hall–Kier alpha value is -2.72. The highest BCUT2D eigenvalue weighted by Crippen LogP contribution is 2.29. The second-order valence-corrected chi connectivity index (χ2v) is 7.24. The van der Waals surface area contributed by atoms with Crippen LogP contribution in [0.4, 0.5) is 0 Å². The molecule has 4 aromatic rings. The number of thiazole rings is 1. The molecule has 0 saturated heterocycles. The molecule has 0 bridgehead atoms. The first-order chi connectivity index (χ1) is 12.1. The van der Waals surface area contributed by atoms with Gasteiger partial charge in [-0.05, 0) is 42.0 Å². The summed E-state index contributed by atoms with van der Waals surface area (Å²) >= 11 is 1.64. The van der Waals surface area contributed by atoms with Gasteiger partial charge in [0, 0.05) is 12.6 Å². The summed E-state index contributed by atoms with van der Waals surface area (Å²) in [6, 6.07) is 21.9. The monoisotopic (exact) mass is 346 g/mol. The van der Waals surface area contributed by atoms with Crippen LogP contribution in [0.25, 0.3) is 21.0 Å². The van der Waals surface area contributed by atoms with Gasteiger partial charge in [0.1, 0.15) is 5.01 Å². The molecule has 1 atom stereocenters. The summed E-state index contributed by atoms with van der Waals surface area (Å²) in [7, 11) is 1.84. The van der Waals surface area contributed by atoms with Crippen molar-refractivity contribution >= 4 is 38.2 Å². The maximum atomic E-state index is 12.9. The topological polar surface area (TPSA) is 33.2 Å². The number of amides is 1. The van der Waals surface area contributed by atoms with E-state index in [1.807, 2.05) is 68.6 Å². The smallest absolute Gasteiger partial charge is 0.254 e. The average Bonchev–Trinajstić information content (AvgIpc) is 3.10. The molecule has 25 heavy (non-hydrogen) atoms. The van der Waals surface area contributed by atoms with Crippen molar-refractivity contribution in [1.29, 1.82) is 0 Å². The van der Waals surface area contributed by atoms with E-state index in [1.165, 1.54) is 0 Å². The highest BCUT2D eigenvalue weighted by molar-refractivity contribution is 7.18. The second-order valence-electron chi connectivity index (χ2n) is 6.17. The molecule has 1 heterocycles. The van der Waals surface area contributed by atoms with Crippen LogP contribution >= 0.6 is 11.3 Å². The van der Waals surface area contributed by atoms with Gasteiger partial charge in [0.2, 0.25) is 0 Å². The van der Waals surface area contributed by atoms with Gasteiger partial charge in [-0.3, -0.25) is 4.79 Å². The van der Waals surface area contributed by atoms with E-state index in [2.05, 4.69) is 17.1 Å². The van der Waals surface area contributed by atoms with Gasteiger partial charge in [-0.1, -0.05) is 42.5 Å². The molecule has 0 fully saturated rings. The minimum Gasteiger partial charge on any atom is -0.333 e. The van der Waals surface area contributed by atoms with Gasteiger partial charge in [-0.15, -0.1) is 11.3 Å². The lowest BCUT2D eigenvalue weighted by molar-refractivity contribution is 0.0742. The minimum atomic E-state index is -0.0728. The summed E-state index contributed by atoms with van der Waals surface area (Å²) in [6.07, 6.45) is 0. The summed E-state index contributed by atoms with van der Waals surface area (Å²) in [4.78, 5) is 19.4. The summed E-state index contributed by atoms with van der Waals surface area (Å²) in [6.45, 7) is 2.02. The molecule has 0 aliphatic rings. The quantitative estimate of drug-likeness (QED) is 0.505. The number of hydrogen-bond donors (Lipinski definition) is 0. The Kier molecular flexibility index (Phi) is 3.98. The van der Waals surface area contributed by atoms with Crippen LogP contribution in [0.1, 0.15) is 28.3 Å². The fourth-order valence-corrected chi connectivity index (χ4v) is 4.00. The lowest BCUT2D eigenvalue weighted by atomic mass is 10.1. The van der Waals surface area contributed by atoms with Gasteiger partial charge >= 0.3 is 0 Å². The molecule has 0 radical (unpaired) electrons. The fraction of sp³-hybridized carbons (Fsp3) is 0.143. The number of rotatable bonds is 3. The summed E-state index contributed by atoms with van der Waals surface area (Å²) < 4.78 is 1.15. The minimum absolute atomic E-state index is 0.0116. The zero-order chi connectivity index (χ0) is 17.4. The first-order valence-electron chi connectivity index (χ1n) is 8.25. The molecule has 3 nitrogen and oxygen atoms in total. The van der Waals surface area contributed by atoms with Gasteiger partial charge in [-0.2, -0.15) is 0 Å². The Morgan fingerprint density at radius 3 is 2.52 bits per heavy atom. The van der Waals surface area contributed by atoms with Gasteiger partial charge in [0.25, 0.3) is 5.91 Å². The molecule has 1 amide bonds. The standard InChI is InChI=1S/C21H18N2OS/c1-14(20-22-18-9-5-6-10-19(18)25-20)23(2)21(24)17-12-11-15-7-3-4-8-16(15)13-17/h3-14H,1-2H3/t14-/m1/s1. The molecule has 0 N–H and O–H groups in total. The van der Waals surface area contributed by atoms with Crippen LogP contribution in [0, 0.1) is 0 Å². The van der Waals surface area contributed by atoms with Crippen molar-refractivity contribution < 1.29 is 4.79 Å². The van der Waals surface area contributed by atoms with Crippen LogP contribution in [0.3, 0.4) is 0 Å². The normalized spacial score (nSPS) is 12.4. The highest BCUT2D eigenvalue weighted by Gasteiger charge is 2.22. The van der Waals surface area contributed by atoms with Crippen LogP contribution in [0.5, 0.6) is 0 Å². The van der Waals surface area contributed by atoms with E-state index >= 15 is 0 Å². The number of benzene rings is 3. The van der Waals surface area contributed by atoms with E-state index in [9.17, 15) is 4.79 Å². The number of para-hydroxylation sites is 1. The maximum absolute atomic E-state index is 12.9. The SMILES string of the molecule is C[C@H](c1nc2ccccc2s1)N(C)C(=O)c1ccc2ccccc2c1. The van der Waals surface area contributed by atoms with Crippen molar-refractivity contribution in [3.8, 4) is 0 Å². The van der Waals surface area contributed by atoms with Gasteiger partial charge < -0.3 is 4.90 Å². The van der Waals surface area contributed by atoms with Gasteiger partial charge in [-0.25, -0.2) is 4.98 Å². The van der Waals surface area contributed by atoms with E-state index in [0.29, 0.717) is 5.56 Å². The Morgan fingerprint density at radius 1 is 1.00 bits per heavy atom. The van der Waals surface area contributed by atoms with E-state index in [0.717, 1.165) is 26.0 Å². The van der Waals surface area contributed by atoms with Crippen molar-refractivity contribution in [3.05, 3.63) is 77.3 Å². The Morgan fingerprint density at radius 2 is 1.72 bits per heavy atom. The van der Waals surface area contributed by atoms with E-state index in [-0.39, 0.29) is 11.9 Å². The third-order valence-electron chi connectivity index (χ3n) is 4.57. The Labute approximate surface area is 150 Å². The summed E-state index contributed by atoms with van der Waals surface area (Å²) in [5.41, 5.74) is 1.69. The third kappa shape index (κ3) is 2.89. The van der Waals surface area contributed by atoms with Crippen molar-refractivity contribution in [2.45, 2.75) is 13.0 Å². The zero-order valence-electron chi connectivity index (χ0n) is 14.1. The fourth-order valence-electron chi connectivity index (χ4n) is 2.94. The summed E-state index contributed by atoms with van der Waals surface area (Å²) in [5.74, 6) is 0.0116. The number of carbonyl (C=O) groups is 1. The number of nitrogens with zero attached hydrogens (tertiary/aromatic N) is 2. The number of hydrogen-bond acceptors (Lipinski definition) is 3. The first kappa shape index (κ1) is 15.8. The lowest BCUT2D eigenvalue weighted by Crippen LogP contribution is -2.29. The van der Waals surface area contributed by atoms with Crippen molar-refractivity contribution in [2.24, 2.45) is 0 Å². The summed E-state index contributed by atoms with van der Waals surface area (Å²) in [5, 5.41) is 3.17. The molecule has 1 aromatic heterocycles. The van der Waals surface area contributed by atoms with E-state index < -0.39 is 0 Å². The van der Waals surface area contributed by atoms with Crippen LogP contribution < -0.4 is 0 Å². The average molecular weight is 346 g/mol.